The lowest BCUT2D eigenvalue weighted by molar-refractivity contribution is -0.126. The van der Waals surface area contributed by atoms with Crippen LogP contribution in [0.1, 0.15) is 50.7 Å². The van der Waals surface area contributed by atoms with Gasteiger partial charge in [-0.05, 0) is 69.6 Å². The summed E-state index contributed by atoms with van der Waals surface area (Å²) in [6, 6.07) is 8.80. The summed E-state index contributed by atoms with van der Waals surface area (Å²) in [5.74, 6) is 2.09. The molecule has 156 valence electrons. The second-order valence-corrected chi connectivity index (χ2v) is 9.39. The van der Waals surface area contributed by atoms with Crippen molar-refractivity contribution in [1.82, 2.24) is 15.1 Å². The molecule has 0 aromatic heterocycles. The van der Waals surface area contributed by atoms with Crippen LogP contribution in [0, 0.1) is 24.7 Å². The van der Waals surface area contributed by atoms with Crippen molar-refractivity contribution >= 4 is 5.91 Å². The third kappa shape index (κ3) is 6.59. The van der Waals surface area contributed by atoms with Crippen LogP contribution in [0.2, 0.25) is 0 Å². The van der Waals surface area contributed by atoms with E-state index in [0.717, 1.165) is 63.8 Å². The quantitative estimate of drug-likeness (QED) is 0.727. The molecule has 0 radical (unpaired) electrons. The molecule has 1 amide bonds. The van der Waals surface area contributed by atoms with Crippen LogP contribution < -0.4 is 5.32 Å². The lowest BCUT2D eigenvalue weighted by Gasteiger charge is -2.35. The van der Waals surface area contributed by atoms with E-state index in [0.29, 0.717) is 0 Å². The molecular formula is C24H39N3O. The lowest BCUT2D eigenvalue weighted by Crippen LogP contribution is -2.42. The van der Waals surface area contributed by atoms with Gasteiger partial charge in [0.25, 0.3) is 0 Å². The summed E-state index contributed by atoms with van der Waals surface area (Å²) in [5.41, 5.74) is 2.68. The molecule has 2 fully saturated rings. The average molecular weight is 386 g/mol. The number of hydrogen-bond donors (Lipinski definition) is 1. The Bertz CT molecular complexity index is 597. The number of nitrogens with zero attached hydrogens (tertiary/aromatic N) is 2. The zero-order valence-corrected chi connectivity index (χ0v) is 18.1. The Labute approximate surface area is 171 Å². The van der Waals surface area contributed by atoms with Crippen molar-refractivity contribution in [1.29, 1.82) is 0 Å². The highest BCUT2D eigenvalue weighted by Crippen LogP contribution is 2.21. The molecule has 0 saturated carbocycles. The van der Waals surface area contributed by atoms with E-state index in [4.69, 9.17) is 0 Å². The van der Waals surface area contributed by atoms with Crippen LogP contribution in [0.15, 0.2) is 24.3 Å². The maximum absolute atomic E-state index is 12.5. The molecule has 2 aliphatic heterocycles. The zero-order chi connectivity index (χ0) is 19.9. The molecule has 3 rings (SSSR count). The fraction of sp³-hybridized carbons (Fsp3) is 0.708. The summed E-state index contributed by atoms with van der Waals surface area (Å²) < 4.78 is 0. The largest absolute Gasteiger partial charge is 0.356 e. The first-order valence-electron chi connectivity index (χ1n) is 11.3. The Morgan fingerprint density at radius 2 is 1.68 bits per heavy atom. The standard InChI is InChI=1S/C24H39N3O/c1-19-5-7-22(8-6-19)18-26-13-9-23(10-14-26)24(28)25-11-4-12-27-16-20(2)15-21(3)17-27/h5-8,20-21,23H,4,9-18H2,1-3H3,(H,25,28)/t20-,21+. The van der Waals surface area contributed by atoms with E-state index < -0.39 is 0 Å². The van der Waals surface area contributed by atoms with E-state index in [-0.39, 0.29) is 11.8 Å². The van der Waals surface area contributed by atoms with Crippen LogP contribution >= 0.6 is 0 Å². The number of benzene rings is 1. The van der Waals surface area contributed by atoms with E-state index in [1.807, 2.05) is 0 Å². The monoisotopic (exact) mass is 385 g/mol. The Morgan fingerprint density at radius 1 is 1.04 bits per heavy atom. The number of hydrogen-bond acceptors (Lipinski definition) is 3. The van der Waals surface area contributed by atoms with E-state index in [1.165, 1.54) is 30.6 Å². The molecule has 1 N–H and O–H groups in total. The molecule has 1 aromatic carbocycles. The first kappa shape index (κ1) is 21.3. The predicted molar refractivity (Wildman–Crippen MR) is 116 cm³/mol. The van der Waals surface area contributed by atoms with Gasteiger partial charge in [0.2, 0.25) is 5.91 Å². The maximum atomic E-state index is 12.5. The molecule has 1 aromatic rings. The van der Waals surface area contributed by atoms with Gasteiger partial charge in [-0.3, -0.25) is 9.69 Å². The zero-order valence-electron chi connectivity index (χ0n) is 18.1. The Balaban J connectivity index is 1.30. The minimum atomic E-state index is 0.198. The molecule has 2 aliphatic rings. The second-order valence-electron chi connectivity index (χ2n) is 9.39. The number of likely N-dealkylation sites (tertiary alicyclic amines) is 2. The van der Waals surface area contributed by atoms with Crippen LogP contribution in [-0.4, -0.2) is 55.0 Å². The van der Waals surface area contributed by atoms with Gasteiger partial charge in [-0.1, -0.05) is 43.7 Å². The number of aryl methyl sites for hydroxylation is 1. The highest BCUT2D eigenvalue weighted by Gasteiger charge is 2.25. The summed E-state index contributed by atoms with van der Waals surface area (Å²) in [5, 5.41) is 3.20. The summed E-state index contributed by atoms with van der Waals surface area (Å²) in [4.78, 5) is 17.6. The molecule has 2 saturated heterocycles. The fourth-order valence-electron chi connectivity index (χ4n) is 4.94. The van der Waals surface area contributed by atoms with Gasteiger partial charge in [0, 0.05) is 32.1 Å². The first-order valence-corrected chi connectivity index (χ1v) is 11.3. The first-order chi connectivity index (χ1) is 13.5. The van der Waals surface area contributed by atoms with Crippen molar-refractivity contribution in [2.75, 3.05) is 39.3 Å². The number of carbonyl (C=O) groups excluding carboxylic acids is 1. The average Bonchev–Trinajstić information content (AvgIpc) is 2.67. The number of nitrogens with one attached hydrogen (secondary N) is 1. The van der Waals surface area contributed by atoms with Crippen molar-refractivity contribution in [3.8, 4) is 0 Å². The van der Waals surface area contributed by atoms with Crippen LogP contribution in [0.25, 0.3) is 0 Å². The van der Waals surface area contributed by atoms with Crippen molar-refractivity contribution in [3.05, 3.63) is 35.4 Å². The lowest BCUT2D eigenvalue weighted by atomic mass is 9.92. The normalized spacial score (nSPS) is 25.0. The third-order valence-electron chi connectivity index (χ3n) is 6.38. The van der Waals surface area contributed by atoms with Crippen molar-refractivity contribution < 1.29 is 4.79 Å². The maximum Gasteiger partial charge on any atom is 0.223 e. The minimum absolute atomic E-state index is 0.198. The summed E-state index contributed by atoms with van der Waals surface area (Å²) in [6.07, 6.45) is 4.39. The van der Waals surface area contributed by atoms with Gasteiger partial charge in [0.05, 0.1) is 0 Å². The molecule has 4 heteroatoms. The SMILES string of the molecule is Cc1ccc(CN2CCC(C(=O)NCCCN3C[C@H](C)C[C@H](C)C3)CC2)cc1. The number of rotatable bonds is 7. The number of piperidine rings is 2. The predicted octanol–water partition coefficient (Wildman–Crippen LogP) is 3.69. The molecule has 2 atom stereocenters. The molecule has 0 spiro atoms. The van der Waals surface area contributed by atoms with E-state index in [9.17, 15) is 4.79 Å². The van der Waals surface area contributed by atoms with Gasteiger partial charge in [0.15, 0.2) is 0 Å². The van der Waals surface area contributed by atoms with Gasteiger partial charge >= 0.3 is 0 Å². The number of amides is 1. The highest BCUT2D eigenvalue weighted by molar-refractivity contribution is 5.78. The smallest absolute Gasteiger partial charge is 0.223 e. The fourth-order valence-corrected chi connectivity index (χ4v) is 4.94. The Hall–Kier alpha value is -1.39. The highest BCUT2D eigenvalue weighted by atomic mass is 16.1. The van der Waals surface area contributed by atoms with E-state index in [1.54, 1.807) is 0 Å². The molecule has 0 unspecified atom stereocenters. The summed E-state index contributed by atoms with van der Waals surface area (Å²) in [7, 11) is 0. The number of carbonyl (C=O) groups is 1. The molecule has 0 aliphatic carbocycles. The van der Waals surface area contributed by atoms with Crippen LogP contribution in [-0.2, 0) is 11.3 Å². The molecule has 4 nitrogen and oxygen atoms in total. The van der Waals surface area contributed by atoms with Crippen LogP contribution in [0.3, 0.4) is 0 Å². The van der Waals surface area contributed by atoms with Crippen LogP contribution in [0.4, 0.5) is 0 Å². The van der Waals surface area contributed by atoms with Gasteiger partial charge in [-0.25, -0.2) is 0 Å². The van der Waals surface area contributed by atoms with Gasteiger partial charge in [0.1, 0.15) is 0 Å². The molecule has 0 bridgehead atoms. The Morgan fingerprint density at radius 3 is 2.32 bits per heavy atom. The molecular weight excluding hydrogens is 346 g/mol. The topological polar surface area (TPSA) is 35.6 Å². The van der Waals surface area contributed by atoms with Gasteiger partial charge in [-0.2, -0.15) is 0 Å². The molecule has 28 heavy (non-hydrogen) atoms. The van der Waals surface area contributed by atoms with Crippen molar-refractivity contribution in [2.45, 2.75) is 53.0 Å². The van der Waals surface area contributed by atoms with Crippen molar-refractivity contribution in [3.63, 3.8) is 0 Å². The minimum Gasteiger partial charge on any atom is -0.356 e. The molecule has 2 heterocycles. The second kappa shape index (κ2) is 10.4. The van der Waals surface area contributed by atoms with Gasteiger partial charge in [-0.15, -0.1) is 0 Å². The third-order valence-corrected chi connectivity index (χ3v) is 6.38. The summed E-state index contributed by atoms with van der Waals surface area (Å²) >= 11 is 0. The van der Waals surface area contributed by atoms with Gasteiger partial charge < -0.3 is 10.2 Å². The van der Waals surface area contributed by atoms with Crippen LogP contribution in [0.5, 0.6) is 0 Å². The Kier molecular flexibility index (Phi) is 7.92. The summed E-state index contributed by atoms with van der Waals surface area (Å²) in [6.45, 7) is 14.3. The van der Waals surface area contributed by atoms with Crippen molar-refractivity contribution in [2.24, 2.45) is 17.8 Å². The van der Waals surface area contributed by atoms with E-state index in [2.05, 4.69) is 60.2 Å². The van der Waals surface area contributed by atoms with E-state index >= 15 is 0 Å².